The molecule has 0 atom stereocenters. The number of benzene rings is 1. The van der Waals surface area contributed by atoms with Crippen LogP contribution in [-0.4, -0.2) is 20.6 Å². The van der Waals surface area contributed by atoms with Crippen LogP contribution in [0.3, 0.4) is 0 Å². The molecule has 1 N–H and O–H groups in total. The van der Waals surface area contributed by atoms with E-state index in [0.717, 1.165) is 17.0 Å². The van der Waals surface area contributed by atoms with Gasteiger partial charge in [-0.1, -0.05) is 5.16 Å². The molecule has 3 aromatic rings. The molecule has 6 nitrogen and oxygen atoms in total. The standard InChI is InChI=1S/C17H18N4O2/c1-11-4-9-15(21(11)3)10-18-16(22)13-5-7-14(8-6-13)17-19-12(2)20-23-17/h4-9H,10H2,1-3H3,(H,18,22). The van der Waals surface area contributed by atoms with Gasteiger partial charge in [-0.25, -0.2) is 0 Å². The highest BCUT2D eigenvalue weighted by atomic mass is 16.5. The van der Waals surface area contributed by atoms with Crippen molar-refractivity contribution < 1.29 is 9.32 Å². The van der Waals surface area contributed by atoms with Gasteiger partial charge in [0, 0.05) is 29.6 Å². The van der Waals surface area contributed by atoms with E-state index in [4.69, 9.17) is 4.52 Å². The highest BCUT2D eigenvalue weighted by molar-refractivity contribution is 5.94. The first-order valence-electron chi connectivity index (χ1n) is 7.35. The van der Waals surface area contributed by atoms with Crippen LogP contribution in [0.1, 0.15) is 27.6 Å². The Labute approximate surface area is 134 Å². The van der Waals surface area contributed by atoms with Crippen LogP contribution in [0.2, 0.25) is 0 Å². The van der Waals surface area contributed by atoms with Crippen molar-refractivity contribution in [2.75, 3.05) is 0 Å². The summed E-state index contributed by atoms with van der Waals surface area (Å²) in [6.45, 7) is 4.29. The van der Waals surface area contributed by atoms with Gasteiger partial charge in [0.2, 0.25) is 0 Å². The van der Waals surface area contributed by atoms with Gasteiger partial charge in [-0.05, 0) is 50.2 Å². The quantitative estimate of drug-likeness (QED) is 0.804. The van der Waals surface area contributed by atoms with E-state index in [-0.39, 0.29) is 5.91 Å². The minimum Gasteiger partial charge on any atom is -0.350 e. The van der Waals surface area contributed by atoms with E-state index in [0.29, 0.717) is 23.8 Å². The summed E-state index contributed by atoms with van der Waals surface area (Å²) >= 11 is 0. The zero-order valence-electron chi connectivity index (χ0n) is 13.3. The summed E-state index contributed by atoms with van der Waals surface area (Å²) in [7, 11) is 1.98. The molecule has 0 saturated heterocycles. The fourth-order valence-corrected chi connectivity index (χ4v) is 2.30. The minimum absolute atomic E-state index is 0.114. The number of amides is 1. The van der Waals surface area contributed by atoms with E-state index in [1.807, 2.05) is 26.1 Å². The zero-order valence-corrected chi connectivity index (χ0v) is 13.3. The van der Waals surface area contributed by atoms with E-state index in [1.54, 1.807) is 31.2 Å². The predicted molar refractivity (Wildman–Crippen MR) is 85.8 cm³/mol. The van der Waals surface area contributed by atoms with Crippen LogP contribution in [0, 0.1) is 13.8 Å². The maximum atomic E-state index is 12.2. The summed E-state index contributed by atoms with van der Waals surface area (Å²) in [6.07, 6.45) is 0. The van der Waals surface area contributed by atoms with Crippen LogP contribution in [0.15, 0.2) is 40.9 Å². The number of aromatic nitrogens is 3. The average molecular weight is 310 g/mol. The van der Waals surface area contributed by atoms with E-state index in [2.05, 4.69) is 20.0 Å². The van der Waals surface area contributed by atoms with E-state index in [1.165, 1.54) is 0 Å². The van der Waals surface area contributed by atoms with Crippen LogP contribution in [0.4, 0.5) is 0 Å². The lowest BCUT2D eigenvalue weighted by Gasteiger charge is -2.08. The Morgan fingerprint density at radius 2 is 1.91 bits per heavy atom. The third-order valence-corrected chi connectivity index (χ3v) is 3.83. The molecule has 0 aliphatic carbocycles. The predicted octanol–water partition coefficient (Wildman–Crippen LogP) is 2.62. The van der Waals surface area contributed by atoms with Crippen molar-refractivity contribution in [3.8, 4) is 11.5 Å². The van der Waals surface area contributed by atoms with Gasteiger partial charge in [0.25, 0.3) is 11.8 Å². The smallest absolute Gasteiger partial charge is 0.257 e. The van der Waals surface area contributed by atoms with Crippen molar-refractivity contribution in [2.24, 2.45) is 7.05 Å². The van der Waals surface area contributed by atoms with Crippen molar-refractivity contribution in [1.82, 2.24) is 20.0 Å². The average Bonchev–Trinajstić information content (AvgIpc) is 3.13. The van der Waals surface area contributed by atoms with Crippen LogP contribution >= 0.6 is 0 Å². The van der Waals surface area contributed by atoms with E-state index < -0.39 is 0 Å². The fourth-order valence-electron chi connectivity index (χ4n) is 2.30. The number of nitrogens with zero attached hydrogens (tertiary/aromatic N) is 3. The van der Waals surface area contributed by atoms with Gasteiger partial charge in [-0.2, -0.15) is 4.98 Å². The Balaban J connectivity index is 1.67. The van der Waals surface area contributed by atoms with Crippen molar-refractivity contribution in [2.45, 2.75) is 20.4 Å². The number of carbonyl (C=O) groups excluding carboxylic acids is 1. The summed E-state index contributed by atoms with van der Waals surface area (Å²) in [5.74, 6) is 0.922. The third kappa shape index (κ3) is 3.15. The molecule has 3 rings (SSSR count). The number of nitrogens with one attached hydrogen (secondary N) is 1. The molecule has 1 amide bonds. The number of carbonyl (C=O) groups is 1. The first-order chi connectivity index (χ1) is 11.0. The molecule has 118 valence electrons. The lowest BCUT2D eigenvalue weighted by Crippen LogP contribution is -2.23. The van der Waals surface area contributed by atoms with Crippen LogP contribution in [0.25, 0.3) is 11.5 Å². The third-order valence-electron chi connectivity index (χ3n) is 3.83. The number of aryl methyl sites for hydroxylation is 2. The molecule has 0 bridgehead atoms. The first-order valence-corrected chi connectivity index (χ1v) is 7.35. The zero-order chi connectivity index (χ0) is 16.4. The number of hydrogen-bond acceptors (Lipinski definition) is 4. The summed E-state index contributed by atoms with van der Waals surface area (Å²) in [6, 6.07) is 11.1. The lowest BCUT2D eigenvalue weighted by atomic mass is 10.1. The molecule has 0 aliphatic rings. The monoisotopic (exact) mass is 310 g/mol. The lowest BCUT2D eigenvalue weighted by molar-refractivity contribution is 0.0950. The fraction of sp³-hybridized carbons (Fsp3) is 0.235. The van der Waals surface area contributed by atoms with Crippen molar-refractivity contribution in [3.05, 3.63) is 59.2 Å². The second-order valence-electron chi connectivity index (χ2n) is 5.43. The molecule has 23 heavy (non-hydrogen) atoms. The van der Waals surface area contributed by atoms with Crippen LogP contribution < -0.4 is 5.32 Å². The largest absolute Gasteiger partial charge is 0.350 e. The molecule has 0 fully saturated rings. The van der Waals surface area contributed by atoms with Crippen molar-refractivity contribution in [3.63, 3.8) is 0 Å². The van der Waals surface area contributed by atoms with Gasteiger partial charge >= 0.3 is 0 Å². The maximum absolute atomic E-state index is 12.2. The van der Waals surface area contributed by atoms with Gasteiger partial charge in [0.15, 0.2) is 5.82 Å². The number of hydrogen-bond donors (Lipinski definition) is 1. The topological polar surface area (TPSA) is 73.0 Å². The maximum Gasteiger partial charge on any atom is 0.257 e. The molecule has 0 saturated carbocycles. The van der Waals surface area contributed by atoms with Gasteiger partial charge in [-0.15, -0.1) is 0 Å². The molecule has 6 heteroatoms. The molecule has 1 aromatic carbocycles. The van der Waals surface area contributed by atoms with Gasteiger partial charge in [0.1, 0.15) is 0 Å². The molecule has 2 heterocycles. The molecule has 2 aromatic heterocycles. The van der Waals surface area contributed by atoms with Crippen LogP contribution in [-0.2, 0) is 13.6 Å². The first kappa shape index (κ1) is 15.0. The minimum atomic E-state index is -0.114. The summed E-state index contributed by atoms with van der Waals surface area (Å²) < 4.78 is 7.16. The Morgan fingerprint density at radius 1 is 1.17 bits per heavy atom. The normalized spacial score (nSPS) is 10.7. The summed E-state index contributed by atoms with van der Waals surface area (Å²) in [5, 5.41) is 6.68. The van der Waals surface area contributed by atoms with Crippen molar-refractivity contribution >= 4 is 5.91 Å². The Kier molecular flexibility index (Phi) is 3.97. The SMILES string of the molecule is Cc1noc(-c2ccc(C(=O)NCc3ccc(C)n3C)cc2)n1. The Hall–Kier alpha value is -2.89. The summed E-state index contributed by atoms with van der Waals surface area (Å²) in [5.41, 5.74) is 3.61. The van der Waals surface area contributed by atoms with Gasteiger partial charge in [0.05, 0.1) is 6.54 Å². The molecular formula is C17H18N4O2. The molecule has 0 aliphatic heterocycles. The molecule has 0 unspecified atom stereocenters. The Bertz CT molecular complexity index is 831. The Morgan fingerprint density at radius 3 is 2.48 bits per heavy atom. The molecule has 0 radical (unpaired) electrons. The van der Waals surface area contributed by atoms with Gasteiger partial charge in [-0.3, -0.25) is 4.79 Å². The second-order valence-corrected chi connectivity index (χ2v) is 5.43. The highest BCUT2D eigenvalue weighted by Crippen LogP contribution is 2.17. The summed E-state index contributed by atoms with van der Waals surface area (Å²) in [4.78, 5) is 16.4. The van der Waals surface area contributed by atoms with Gasteiger partial charge < -0.3 is 14.4 Å². The van der Waals surface area contributed by atoms with E-state index in [9.17, 15) is 4.79 Å². The van der Waals surface area contributed by atoms with Crippen LogP contribution in [0.5, 0.6) is 0 Å². The molecule has 0 spiro atoms. The number of rotatable bonds is 4. The molecular weight excluding hydrogens is 292 g/mol. The second kappa shape index (κ2) is 6.08. The highest BCUT2D eigenvalue weighted by Gasteiger charge is 2.10. The van der Waals surface area contributed by atoms with Crippen molar-refractivity contribution in [1.29, 1.82) is 0 Å². The van der Waals surface area contributed by atoms with E-state index >= 15 is 0 Å².